The van der Waals surface area contributed by atoms with Crippen molar-refractivity contribution in [3.05, 3.63) is 96.0 Å². The molecule has 250 valence electrons. The SMILES string of the molecule is CN(C)CCOc1cc(Cl)c(C(F)(F)F)cc1N.Fc1ccc(C(F)(F)F)c(Cl)c1.O=[N+]([O-])c1cc(C(F)(F)F)c(Cl)cc1F. The first-order valence-corrected chi connectivity index (χ1v) is 12.7. The minimum atomic E-state index is -4.85. The molecule has 0 aliphatic carbocycles. The van der Waals surface area contributed by atoms with Crippen LogP contribution in [0.2, 0.25) is 15.1 Å². The predicted octanol–water partition coefficient (Wildman–Crippen LogP) is 9.79. The number of nitrogens with zero attached hydrogens (tertiary/aromatic N) is 2. The van der Waals surface area contributed by atoms with Gasteiger partial charge in [0.2, 0.25) is 5.82 Å². The van der Waals surface area contributed by atoms with Gasteiger partial charge in [-0.1, -0.05) is 34.8 Å². The van der Waals surface area contributed by atoms with E-state index in [-0.39, 0.29) is 23.6 Å². The summed E-state index contributed by atoms with van der Waals surface area (Å²) in [6, 6.07) is 4.17. The molecule has 0 radical (unpaired) electrons. The smallest absolute Gasteiger partial charge is 0.418 e. The molecule has 0 atom stereocenters. The Labute approximate surface area is 262 Å². The Kier molecular flexibility index (Phi) is 14.0. The number of hydrogen-bond acceptors (Lipinski definition) is 5. The standard InChI is InChI=1S/C11H14ClF3N2O.C7H2ClF4NO2.C7H3ClF4/c1-17(2)3-4-18-10-6-8(12)7(5-9(10)16)11(13,14)15;8-4-2-5(9)6(13(14)15)1-3(4)7(10,11)12;8-6-3-4(9)1-2-5(6)7(10,11)12/h5-6H,3-4,16H2,1-2H3;1-2H;1-3H. The number of hydrogen-bond donors (Lipinski definition) is 1. The van der Waals surface area contributed by atoms with Crippen LogP contribution in [0.5, 0.6) is 5.75 Å². The van der Waals surface area contributed by atoms with Gasteiger partial charge < -0.3 is 15.4 Å². The van der Waals surface area contributed by atoms with Gasteiger partial charge in [-0.05, 0) is 38.4 Å². The van der Waals surface area contributed by atoms with E-state index in [4.69, 9.17) is 45.3 Å². The molecule has 0 aliphatic rings. The first kappa shape index (κ1) is 39.7. The summed E-state index contributed by atoms with van der Waals surface area (Å²) in [6.45, 7) is 0.941. The Morgan fingerprint density at radius 3 is 1.69 bits per heavy atom. The molecule has 0 bridgehead atoms. The Balaban J connectivity index is 0.000000344. The third-order valence-electron chi connectivity index (χ3n) is 4.98. The molecule has 3 aromatic rings. The van der Waals surface area contributed by atoms with Crippen molar-refractivity contribution in [2.45, 2.75) is 18.5 Å². The van der Waals surface area contributed by atoms with Gasteiger partial charge >= 0.3 is 24.2 Å². The minimum Gasteiger partial charge on any atom is -0.490 e. The Morgan fingerprint density at radius 1 is 0.778 bits per heavy atom. The predicted molar refractivity (Wildman–Crippen MR) is 144 cm³/mol. The van der Waals surface area contributed by atoms with Gasteiger partial charge in [0.25, 0.3) is 0 Å². The zero-order valence-electron chi connectivity index (χ0n) is 22.4. The average molecular weight is 725 g/mol. The summed E-state index contributed by atoms with van der Waals surface area (Å²) >= 11 is 15.8. The van der Waals surface area contributed by atoms with Crippen LogP contribution in [0.4, 0.5) is 59.7 Å². The average Bonchev–Trinajstić information content (AvgIpc) is 2.84. The Hall–Kier alpha value is -3.28. The van der Waals surface area contributed by atoms with E-state index in [1.165, 1.54) is 0 Å². The number of halogens is 14. The van der Waals surface area contributed by atoms with E-state index in [1.54, 1.807) is 0 Å². The molecule has 0 aromatic heterocycles. The van der Waals surface area contributed by atoms with Crippen LogP contribution in [0, 0.1) is 21.7 Å². The molecule has 0 unspecified atom stereocenters. The highest BCUT2D eigenvalue weighted by Crippen LogP contribution is 2.40. The van der Waals surface area contributed by atoms with Gasteiger partial charge in [0.15, 0.2) is 0 Å². The van der Waals surface area contributed by atoms with Gasteiger partial charge in [-0.15, -0.1) is 0 Å². The van der Waals surface area contributed by atoms with Gasteiger partial charge in [-0.2, -0.15) is 43.9 Å². The van der Waals surface area contributed by atoms with E-state index in [9.17, 15) is 58.4 Å². The van der Waals surface area contributed by atoms with Gasteiger partial charge in [0.05, 0.1) is 42.4 Å². The van der Waals surface area contributed by atoms with Crippen molar-refractivity contribution in [2.24, 2.45) is 0 Å². The third-order valence-corrected chi connectivity index (χ3v) is 5.91. The normalized spacial score (nSPS) is 11.8. The second-order valence-corrected chi connectivity index (χ2v) is 9.90. The van der Waals surface area contributed by atoms with Crippen LogP contribution >= 0.6 is 34.8 Å². The van der Waals surface area contributed by atoms with Crippen LogP contribution in [0.3, 0.4) is 0 Å². The first-order valence-electron chi connectivity index (χ1n) is 11.5. The van der Waals surface area contributed by atoms with Crippen LogP contribution in [0.25, 0.3) is 0 Å². The van der Waals surface area contributed by atoms with E-state index in [0.29, 0.717) is 31.4 Å². The van der Waals surface area contributed by atoms with E-state index in [1.807, 2.05) is 19.0 Å². The summed E-state index contributed by atoms with van der Waals surface area (Å²) in [5, 5.41) is 8.21. The number of alkyl halides is 9. The van der Waals surface area contributed by atoms with Crippen LogP contribution in [0.1, 0.15) is 16.7 Å². The summed E-state index contributed by atoms with van der Waals surface area (Å²) in [5.41, 5.74) is 0.758. The quantitative estimate of drug-likeness (QED) is 0.123. The lowest BCUT2D eigenvalue weighted by molar-refractivity contribution is -0.387. The molecule has 0 saturated heterocycles. The van der Waals surface area contributed by atoms with Gasteiger partial charge in [-0.3, -0.25) is 10.1 Å². The lowest BCUT2D eigenvalue weighted by Gasteiger charge is -2.15. The third kappa shape index (κ3) is 12.6. The molecule has 0 spiro atoms. The van der Waals surface area contributed by atoms with Crippen LogP contribution in [0.15, 0.2) is 42.5 Å². The molecule has 0 amide bonds. The van der Waals surface area contributed by atoms with Crippen LogP contribution in [-0.2, 0) is 18.5 Å². The van der Waals surface area contributed by atoms with Crippen LogP contribution in [-0.4, -0.2) is 37.1 Å². The van der Waals surface area contributed by atoms with Crippen molar-refractivity contribution in [1.82, 2.24) is 4.90 Å². The molecular formula is C25H19Cl3F11N3O3. The molecule has 2 N–H and O–H groups in total. The number of nitrogens with two attached hydrogens (primary N) is 1. The summed E-state index contributed by atoms with van der Waals surface area (Å²) in [6.07, 6.45) is -13.9. The zero-order valence-corrected chi connectivity index (χ0v) is 24.7. The number of rotatable bonds is 5. The summed E-state index contributed by atoms with van der Waals surface area (Å²) in [4.78, 5) is 10.8. The fourth-order valence-corrected chi connectivity index (χ4v) is 3.66. The molecule has 6 nitrogen and oxygen atoms in total. The van der Waals surface area contributed by atoms with Gasteiger partial charge in [0.1, 0.15) is 18.2 Å². The maximum absolute atomic E-state index is 12.8. The molecule has 0 fully saturated rings. The summed E-state index contributed by atoms with van der Waals surface area (Å²) in [7, 11) is 3.71. The lowest BCUT2D eigenvalue weighted by atomic mass is 10.2. The van der Waals surface area contributed by atoms with Gasteiger partial charge in [0, 0.05) is 24.7 Å². The van der Waals surface area contributed by atoms with E-state index < -0.39 is 72.5 Å². The highest BCUT2D eigenvalue weighted by Gasteiger charge is 2.36. The maximum atomic E-state index is 12.8. The molecule has 45 heavy (non-hydrogen) atoms. The second-order valence-electron chi connectivity index (χ2n) is 8.68. The number of ether oxygens (including phenoxy) is 1. The van der Waals surface area contributed by atoms with Crippen molar-refractivity contribution in [3.8, 4) is 5.75 Å². The largest absolute Gasteiger partial charge is 0.490 e. The number of nitrogen functional groups attached to an aromatic ring is 1. The number of nitro benzene ring substituents is 1. The van der Waals surface area contributed by atoms with E-state index in [0.717, 1.165) is 12.1 Å². The summed E-state index contributed by atoms with van der Waals surface area (Å²) < 4.78 is 140. The van der Waals surface area contributed by atoms with Crippen molar-refractivity contribution in [1.29, 1.82) is 0 Å². The number of nitro groups is 1. The topological polar surface area (TPSA) is 81.6 Å². The van der Waals surface area contributed by atoms with Gasteiger partial charge in [-0.25, -0.2) is 4.39 Å². The molecule has 0 saturated carbocycles. The fraction of sp³-hybridized carbons (Fsp3) is 0.280. The lowest BCUT2D eigenvalue weighted by Crippen LogP contribution is -2.19. The van der Waals surface area contributed by atoms with E-state index in [2.05, 4.69) is 0 Å². The van der Waals surface area contributed by atoms with Crippen molar-refractivity contribution in [2.75, 3.05) is 33.0 Å². The highest BCUT2D eigenvalue weighted by atomic mass is 35.5. The maximum Gasteiger partial charge on any atom is 0.418 e. The highest BCUT2D eigenvalue weighted by molar-refractivity contribution is 6.32. The fourth-order valence-electron chi connectivity index (χ4n) is 2.87. The molecule has 0 aliphatic heterocycles. The summed E-state index contributed by atoms with van der Waals surface area (Å²) in [5.74, 6) is -2.03. The van der Waals surface area contributed by atoms with Crippen molar-refractivity contribution in [3.63, 3.8) is 0 Å². The monoisotopic (exact) mass is 723 g/mol. The molecule has 20 heteroatoms. The number of likely N-dealkylation sites (N-methyl/N-ethyl adjacent to an activating group) is 1. The minimum absolute atomic E-state index is 0.0671. The Morgan fingerprint density at radius 2 is 1.24 bits per heavy atom. The van der Waals surface area contributed by atoms with E-state index >= 15 is 0 Å². The molecular weight excluding hydrogens is 706 g/mol. The molecule has 0 heterocycles. The van der Waals surface area contributed by atoms with Crippen molar-refractivity contribution >= 4 is 46.2 Å². The number of anilines is 1. The Bertz CT molecular complexity index is 1480. The second kappa shape index (κ2) is 15.8. The van der Waals surface area contributed by atoms with Crippen molar-refractivity contribution < 1.29 is 58.0 Å². The molecule has 3 aromatic carbocycles. The number of benzene rings is 3. The van der Waals surface area contributed by atoms with Crippen LogP contribution < -0.4 is 10.5 Å². The zero-order chi connectivity index (χ0) is 35.1. The molecule has 3 rings (SSSR count). The first-order chi connectivity index (χ1) is 20.4.